The van der Waals surface area contributed by atoms with Crippen molar-refractivity contribution >= 4 is 22.5 Å². The molecule has 0 saturated carbocycles. The molecule has 150 valence electrons. The molecule has 0 radical (unpaired) electrons. The van der Waals surface area contributed by atoms with Crippen LogP contribution in [0, 0.1) is 6.92 Å². The zero-order valence-corrected chi connectivity index (χ0v) is 17.1. The minimum absolute atomic E-state index is 0.202. The van der Waals surface area contributed by atoms with Gasteiger partial charge in [-0.2, -0.15) is 10.2 Å². The fraction of sp³-hybridized carbons (Fsp3) is 0.364. The molecule has 3 aromatic heterocycles. The maximum atomic E-state index is 12.2. The van der Waals surface area contributed by atoms with Gasteiger partial charge in [-0.25, -0.2) is 9.50 Å². The van der Waals surface area contributed by atoms with Crippen molar-refractivity contribution in [1.82, 2.24) is 24.4 Å². The normalized spacial score (nSPS) is 12.9. The Morgan fingerprint density at radius 2 is 2.00 bits per heavy atom. The summed E-state index contributed by atoms with van der Waals surface area (Å²) >= 11 is 0. The van der Waals surface area contributed by atoms with E-state index in [0.29, 0.717) is 12.0 Å². The Bertz CT molecular complexity index is 1200. The molecule has 29 heavy (non-hydrogen) atoms. The Kier molecular flexibility index (Phi) is 4.82. The zero-order valence-electron chi connectivity index (χ0n) is 17.1. The van der Waals surface area contributed by atoms with Gasteiger partial charge in [0, 0.05) is 34.4 Å². The van der Waals surface area contributed by atoms with E-state index >= 15 is 0 Å². The Morgan fingerprint density at radius 3 is 2.66 bits per heavy atom. The molecule has 0 spiro atoms. The molecule has 4 rings (SSSR count). The van der Waals surface area contributed by atoms with Gasteiger partial charge >= 0.3 is 5.97 Å². The number of hydrogen-bond donors (Lipinski definition) is 1. The van der Waals surface area contributed by atoms with Crippen molar-refractivity contribution in [1.29, 1.82) is 0 Å². The number of nitrogens with zero attached hydrogens (tertiary/aromatic N) is 5. The van der Waals surface area contributed by atoms with E-state index in [1.54, 1.807) is 10.7 Å². The molecule has 0 bridgehead atoms. The predicted molar refractivity (Wildman–Crippen MR) is 112 cm³/mol. The Morgan fingerprint density at radius 1 is 1.24 bits per heavy atom. The second-order valence-electron chi connectivity index (χ2n) is 7.69. The van der Waals surface area contributed by atoms with Crippen LogP contribution in [0.3, 0.4) is 0 Å². The molecule has 1 N–H and O–H groups in total. The van der Waals surface area contributed by atoms with Gasteiger partial charge in [0.25, 0.3) is 0 Å². The fourth-order valence-electron chi connectivity index (χ4n) is 3.90. The molecule has 3 heterocycles. The lowest BCUT2D eigenvalue weighted by atomic mass is 9.90. The summed E-state index contributed by atoms with van der Waals surface area (Å²) < 4.78 is 3.67. The topological polar surface area (TPSA) is 85.3 Å². The second kappa shape index (κ2) is 7.31. The van der Waals surface area contributed by atoms with Gasteiger partial charge in [-0.3, -0.25) is 9.48 Å². The van der Waals surface area contributed by atoms with Gasteiger partial charge in [0.2, 0.25) is 0 Å². The van der Waals surface area contributed by atoms with E-state index in [1.807, 2.05) is 49.0 Å². The number of carbonyl (C=O) groups is 1. The highest BCUT2D eigenvalue weighted by molar-refractivity contribution is 5.94. The summed E-state index contributed by atoms with van der Waals surface area (Å²) in [5.74, 6) is -1.49. The lowest BCUT2D eigenvalue weighted by Crippen LogP contribution is -2.17. The lowest BCUT2D eigenvalue weighted by molar-refractivity contribution is -0.139. The summed E-state index contributed by atoms with van der Waals surface area (Å²) in [5, 5.41) is 20.2. The van der Waals surface area contributed by atoms with Crippen LogP contribution < -0.4 is 0 Å². The van der Waals surface area contributed by atoms with Gasteiger partial charge in [0.1, 0.15) is 0 Å². The van der Waals surface area contributed by atoms with Crippen LogP contribution in [-0.2, 0) is 4.79 Å². The number of carboxylic acids is 1. The standard InChI is InChI=1S/C22H25N5O2/c1-5-8-17(22(28)29)19-14(4)24-21-16-9-6-7-10-18(16)25-27(21)20(19)15-11-23-26(12-15)13(2)3/h6-7,9-13,17H,5,8H2,1-4H3,(H,28,29). The molecule has 0 saturated heterocycles. The van der Waals surface area contributed by atoms with Crippen molar-refractivity contribution in [2.24, 2.45) is 0 Å². The fourth-order valence-corrected chi connectivity index (χ4v) is 3.90. The average molecular weight is 391 g/mol. The minimum Gasteiger partial charge on any atom is -0.481 e. The number of aliphatic carboxylic acids is 1. The third-order valence-electron chi connectivity index (χ3n) is 5.31. The van der Waals surface area contributed by atoms with Crippen molar-refractivity contribution in [3.63, 3.8) is 0 Å². The maximum Gasteiger partial charge on any atom is 0.311 e. The number of fused-ring (bicyclic) bond motifs is 3. The first-order valence-corrected chi connectivity index (χ1v) is 9.97. The van der Waals surface area contributed by atoms with Crippen molar-refractivity contribution in [2.45, 2.75) is 52.5 Å². The van der Waals surface area contributed by atoms with E-state index in [2.05, 4.69) is 18.9 Å². The third kappa shape index (κ3) is 3.16. The molecule has 0 aliphatic carbocycles. The molecular weight excluding hydrogens is 366 g/mol. The first-order chi connectivity index (χ1) is 13.9. The van der Waals surface area contributed by atoms with E-state index in [1.165, 1.54) is 0 Å². The third-order valence-corrected chi connectivity index (χ3v) is 5.31. The van der Waals surface area contributed by atoms with Gasteiger partial charge in [0.05, 0.1) is 23.3 Å². The summed E-state index contributed by atoms with van der Waals surface area (Å²) in [7, 11) is 0. The summed E-state index contributed by atoms with van der Waals surface area (Å²) in [5.41, 5.74) is 4.60. The Labute approximate surface area is 169 Å². The van der Waals surface area contributed by atoms with Crippen LogP contribution in [0.1, 0.15) is 56.8 Å². The summed E-state index contributed by atoms with van der Waals surface area (Å²) in [6.07, 6.45) is 5.05. The first kappa shape index (κ1) is 19.1. The Hall–Kier alpha value is -3.22. The monoisotopic (exact) mass is 391 g/mol. The number of hydrogen-bond acceptors (Lipinski definition) is 4. The molecule has 0 amide bonds. The molecule has 0 aliphatic heterocycles. The smallest absolute Gasteiger partial charge is 0.311 e. The number of aryl methyl sites for hydroxylation is 1. The molecule has 0 aliphatic rings. The largest absolute Gasteiger partial charge is 0.481 e. The highest BCUT2D eigenvalue weighted by atomic mass is 16.4. The van der Waals surface area contributed by atoms with Gasteiger partial charge in [0.15, 0.2) is 5.65 Å². The minimum atomic E-state index is -0.842. The molecule has 4 aromatic rings. The Balaban J connectivity index is 2.11. The van der Waals surface area contributed by atoms with E-state index in [0.717, 1.165) is 39.9 Å². The summed E-state index contributed by atoms with van der Waals surface area (Å²) in [6, 6.07) is 8.04. The molecule has 1 aromatic carbocycles. The van der Waals surface area contributed by atoms with Crippen LogP contribution in [-0.4, -0.2) is 35.5 Å². The van der Waals surface area contributed by atoms with E-state index in [-0.39, 0.29) is 6.04 Å². The van der Waals surface area contributed by atoms with Crippen LogP contribution in [0.15, 0.2) is 36.7 Å². The predicted octanol–water partition coefficient (Wildman–Crippen LogP) is 4.60. The van der Waals surface area contributed by atoms with E-state index in [4.69, 9.17) is 10.1 Å². The number of aromatic nitrogens is 5. The number of benzene rings is 1. The van der Waals surface area contributed by atoms with Gasteiger partial charge < -0.3 is 5.11 Å². The zero-order chi connectivity index (χ0) is 20.7. The van der Waals surface area contributed by atoms with Gasteiger partial charge in [-0.15, -0.1) is 0 Å². The van der Waals surface area contributed by atoms with Crippen LogP contribution in [0.25, 0.3) is 27.8 Å². The van der Waals surface area contributed by atoms with Crippen LogP contribution in [0.5, 0.6) is 0 Å². The molecule has 1 atom stereocenters. The SMILES string of the molecule is CCCC(C(=O)O)c1c(C)nc2c3ccccc3nn2c1-c1cnn(C(C)C)c1. The molecule has 7 nitrogen and oxygen atoms in total. The van der Waals surface area contributed by atoms with Crippen molar-refractivity contribution < 1.29 is 9.90 Å². The van der Waals surface area contributed by atoms with Crippen molar-refractivity contribution in [2.75, 3.05) is 0 Å². The molecular formula is C22H25N5O2. The van der Waals surface area contributed by atoms with E-state index in [9.17, 15) is 9.90 Å². The average Bonchev–Trinajstić information content (AvgIpc) is 3.30. The molecule has 1 unspecified atom stereocenters. The summed E-state index contributed by atoms with van der Waals surface area (Å²) in [4.78, 5) is 17.0. The highest BCUT2D eigenvalue weighted by Crippen LogP contribution is 2.36. The summed E-state index contributed by atoms with van der Waals surface area (Å²) in [6.45, 7) is 8.00. The molecule has 7 heteroatoms. The number of rotatable bonds is 6. The van der Waals surface area contributed by atoms with Gasteiger partial charge in [-0.1, -0.05) is 25.5 Å². The first-order valence-electron chi connectivity index (χ1n) is 9.97. The maximum absolute atomic E-state index is 12.2. The van der Waals surface area contributed by atoms with Crippen LogP contribution in [0.4, 0.5) is 0 Å². The van der Waals surface area contributed by atoms with E-state index < -0.39 is 11.9 Å². The lowest BCUT2D eigenvalue weighted by Gasteiger charge is -2.19. The van der Waals surface area contributed by atoms with Crippen molar-refractivity contribution in [3.05, 3.63) is 47.9 Å². The quantitative estimate of drug-likeness (QED) is 0.519. The van der Waals surface area contributed by atoms with Crippen LogP contribution >= 0.6 is 0 Å². The van der Waals surface area contributed by atoms with Crippen LogP contribution in [0.2, 0.25) is 0 Å². The van der Waals surface area contributed by atoms with Gasteiger partial charge in [-0.05, 0) is 39.3 Å². The molecule has 0 fully saturated rings. The second-order valence-corrected chi connectivity index (χ2v) is 7.69. The van der Waals surface area contributed by atoms with Crippen molar-refractivity contribution in [3.8, 4) is 11.3 Å². The highest BCUT2D eigenvalue weighted by Gasteiger charge is 2.29. The number of carboxylic acid groups (broad SMARTS) is 1.